The van der Waals surface area contributed by atoms with Gasteiger partial charge in [-0.25, -0.2) is 13.6 Å². The number of carboxylic acid groups (broad SMARTS) is 1. The molecule has 0 fully saturated rings. The number of aryl methyl sites for hydroxylation is 1. The monoisotopic (exact) mass is 279 g/mol. The molecule has 1 N–H and O–H groups in total. The van der Waals surface area contributed by atoms with E-state index in [0.717, 1.165) is 28.8 Å². The average molecular weight is 279 g/mol. The van der Waals surface area contributed by atoms with Gasteiger partial charge in [0.1, 0.15) is 11.6 Å². The van der Waals surface area contributed by atoms with Gasteiger partial charge in [0, 0.05) is 17.8 Å². The highest BCUT2D eigenvalue weighted by Gasteiger charge is 2.18. The third kappa shape index (κ3) is 2.20. The zero-order chi connectivity index (χ0) is 15.0. The van der Waals surface area contributed by atoms with Crippen LogP contribution in [0.4, 0.5) is 8.78 Å². The summed E-state index contributed by atoms with van der Waals surface area (Å²) in [7, 11) is 0. The number of aromatic nitrogens is 1. The van der Waals surface area contributed by atoms with Crippen LogP contribution >= 0.6 is 0 Å². The van der Waals surface area contributed by atoms with Crippen LogP contribution in [0.5, 0.6) is 0 Å². The molecule has 0 unspecified atom stereocenters. The minimum absolute atomic E-state index is 0.0481. The molecule has 0 radical (unpaired) electrons. The fourth-order valence-corrected chi connectivity index (χ4v) is 2.16. The van der Waals surface area contributed by atoms with E-state index in [9.17, 15) is 18.4 Å². The molecule has 0 aliphatic rings. The van der Waals surface area contributed by atoms with E-state index in [1.54, 1.807) is 0 Å². The molecule has 2 aromatic rings. The minimum atomic E-state index is -1.23. The van der Waals surface area contributed by atoms with Crippen molar-refractivity contribution < 1.29 is 18.7 Å². The van der Waals surface area contributed by atoms with E-state index in [2.05, 4.69) is 0 Å². The van der Waals surface area contributed by atoms with Gasteiger partial charge in [0.15, 0.2) is 0 Å². The maximum atomic E-state index is 13.8. The van der Waals surface area contributed by atoms with Gasteiger partial charge in [-0.1, -0.05) is 0 Å². The SMILES string of the molecule is Cc1cc(=O)n(-c2cc(F)ccc2F)c(C)c1C(=O)O. The molecule has 6 heteroatoms. The van der Waals surface area contributed by atoms with Gasteiger partial charge >= 0.3 is 5.97 Å². The zero-order valence-electron chi connectivity index (χ0n) is 10.8. The lowest BCUT2D eigenvalue weighted by molar-refractivity contribution is 0.0694. The molecule has 0 saturated carbocycles. The fraction of sp³-hybridized carbons (Fsp3) is 0.143. The number of halogens is 2. The van der Waals surface area contributed by atoms with Gasteiger partial charge < -0.3 is 5.11 Å². The van der Waals surface area contributed by atoms with Crippen LogP contribution in [0.25, 0.3) is 5.69 Å². The molecule has 2 rings (SSSR count). The number of carbonyl (C=O) groups is 1. The number of pyridine rings is 1. The summed E-state index contributed by atoms with van der Waals surface area (Å²) in [5, 5.41) is 9.15. The molecule has 1 heterocycles. The second kappa shape index (κ2) is 4.88. The topological polar surface area (TPSA) is 59.3 Å². The van der Waals surface area contributed by atoms with Crippen molar-refractivity contribution >= 4 is 5.97 Å². The van der Waals surface area contributed by atoms with E-state index >= 15 is 0 Å². The first-order valence-electron chi connectivity index (χ1n) is 5.75. The number of hydrogen-bond donors (Lipinski definition) is 1. The van der Waals surface area contributed by atoms with Crippen LogP contribution in [0.2, 0.25) is 0 Å². The Kier molecular flexibility index (Phi) is 3.40. The summed E-state index contributed by atoms with van der Waals surface area (Å²) < 4.78 is 27.9. The lowest BCUT2D eigenvalue weighted by Crippen LogP contribution is -2.25. The summed E-state index contributed by atoms with van der Waals surface area (Å²) in [6, 6.07) is 3.74. The Morgan fingerprint density at radius 2 is 1.85 bits per heavy atom. The smallest absolute Gasteiger partial charge is 0.337 e. The van der Waals surface area contributed by atoms with Crippen molar-refractivity contribution in [2.45, 2.75) is 13.8 Å². The average Bonchev–Trinajstić information content (AvgIpc) is 2.32. The molecular formula is C14H11F2NO3. The van der Waals surface area contributed by atoms with Gasteiger partial charge in [0.05, 0.1) is 11.3 Å². The predicted molar refractivity (Wildman–Crippen MR) is 68.4 cm³/mol. The van der Waals surface area contributed by atoms with Crippen LogP contribution < -0.4 is 5.56 Å². The molecule has 0 aliphatic carbocycles. The first-order valence-corrected chi connectivity index (χ1v) is 5.75. The van der Waals surface area contributed by atoms with E-state index in [1.165, 1.54) is 13.8 Å². The molecule has 20 heavy (non-hydrogen) atoms. The van der Waals surface area contributed by atoms with E-state index in [4.69, 9.17) is 5.11 Å². The summed E-state index contributed by atoms with van der Waals surface area (Å²) in [5.74, 6) is -2.76. The van der Waals surface area contributed by atoms with Crippen molar-refractivity contribution in [3.8, 4) is 5.69 Å². The van der Waals surface area contributed by atoms with Crippen molar-refractivity contribution in [2.24, 2.45) is 0 Å². The molecule has 0 aliphatic heterocycles. The third-order valence-corrected chi connectivity index (χ3v) is 3.01. The highest BCUT2D eigenvalue weighted by atomic mass is 19.1. The maximum Gasteiger partial charge on any atom is 0.337 e. The van der Waals surface area contributed by atoms with E-state index < -0.39 is 23.2 Å². The third-order valence-electron chi connectivity index (χ3n) is 3.01. The summed E-state index contributed by atoms with van der Waals surface area (Å²) >= 11 is 0. The second-order valence-electron chi connectivity index (χ2n) is 4.36. The maximum absolute atomic E-state index is 13.8. The van der Waals surface area contributed by atoms with Gasteiger partial charge in [-0.05, 0) is 31.5 Å². The highest BCUT2D eigenvalue weighted by Crippen LogP contribution is 2.19. The van der Waals surface area contributed by atoms with Gasteiger partial charge in [-0.3, -0.25) is 9.36 Å². The van der Waals surface area contributed by atoms with Gasteiger partial charge in [-0.15, -0.1) is 0 Å². The molecule has 1 aromatic carbocycles. The van der Waals surface area contributed by atoms with Crippen molar-refractivity contribution in [1.29, 1.82) is 0 Å². The highest BCUT2D eigenvalue weighted by molar-refractivity contribution is 5.90. The zero-order valence-corrected chi connectivity index (χ0v) is 10.8. The predicted octanol–water partition coefficient (Wildman–Crippen LogP) is 2.43. The molecule has 0 bridgehead atoms. The first-order chi connectivity index (χ1) is 9.32. The van der Waals surface area contributed by atoms with Gasteiger partial charge in [0.25, 0.3) is 5.56 Å². The summed E-state index contributed by atoms with van der Waals surface area (Å²) in [5.41, 5.74) is -0.710. The molecule has 0 atom stereocenters. The Morgan fingerprint density at radius 1 is 1.20 bits per heavy atom. The number of benzene rings is 1. The number of carboxylic acids is 1. The quantitative estimate of drug-likeness (QED) is 0.918. The molecule has 0 saturated heterocycles. The molecule has 1 aromatic heterocycles. The van der Waals surface area contributed by atoms with Crippen LogP contribution in [0.3, 0.4) is 0 Å². The standard InChI is InChI=1S/C14H11F2NO3/c1-7-5-12(18)17(8(2)13(7)14(19)20)11-6-9(15)3-4-10(11)16/h3-6H,1-2H3,(H,19,20). The first kappa shape index (κ1) is 13.9. The van der Waals surface area contributed by atoms with Crippen LogP contribution in [-0.2, 0) is 0 Å². The Morgan fingerprint density at radius 3 is 2.45 bits per heavy atom. The molecule has 104 valence electrons. The van der Waals surface area contributed by atoms with E-state index in [1.807, 2.05) is 0 Å². The van der Waals surface area contributed by atoms with Crippen LogP contribution in [-0.4, -0.2) is 15.6 Å². The molecule has 4 nitrogen and oxygen atoms in total. The lowest BCUT2D eigenvalue weighted by atomic mass is 10.1. The summed E-state index contributed by atoms with van der Waals surface area (Å²) in [6.45, 7) is 2.85. The number of aromatic carboxylic acids is 1. The van der Waals surface area contributed by atoms with Crippen LogP contribution in [0, 0.1) is 25.5 Å². The van der Waals surface area contributed by atoms with Crippen molar-refractivity contribution in [3.63, 3.8) is 0 Å². The van der Waals surface area contributed by atoms with Crippen molar-refractivity contribution in [1.82, 2.24) is 4.57 Å². The number of rotatable bonds is 2. The molecule has 0 spiro atoms. The summed E-state index contributed by atoms with van der Waals surface area (Å²) in [4.78, 5) is 23.2. The van der Waals surface area contributed by atoms with E-state index in [-0.39, 0.29) is 22.5 Å². The Balaban J connectivity index is 2.88. The normalized spacial score (nSPS) is 10.6. The summed E-state index contributed by atoms with van der Waals surface area (Å²) in [6.07, 6.45) is 0. The van der Waals surface area contributed by atoms with Gasteiger partial charge in [0.2, 0.25) is 0 Å². The Labute approximate surface area is 112 Å². The molecular weight excluding hydrogens is 268 g/mol. The number of hydrogen-bond acceptors (Lipinski definition) is 2. The number of nitrogens with zero attached hydrogens (tertiary/aromatic N) is 1. The van der Waals surface area contributed by atoms with Crippen LogP contribution in [0.15, 0.2) is 29.1 Å². The molecule has 0 amide bonds. The van der Waals surface area contributed by atoms with Crippen molar-refractivity contribution in [3.05, 3.63) is 63.1 Å². The Hall–Kier alpha value is -2.50. The van der Waals surface area contributed by atoms with Crippen LogP contribution in [0.1, 0.15) is 21.6 Å². The van der Waals surface area contributed by atoms with Gasteiger partial charge in [-0.2, -0.15) is 0 Å². The van der Waals surface area contributed by atoms with Crippen molar-refractivity contribution in [2.75, 3.05) is 0 Å². The Bertz CT molecular complexity index is 766. The minimum Gasteiger partial charge on any atom is -0.478 e. The lowest BCUT2D eigenvalue weighted by Gasteiger charge is -2.14. The fourth-order valence-electron chi connectivity index (χ4n) is 2.16. The van der Waals surface area contributed by atoms with E-state index in [0.29, 0.717) is 0 Å². The largest absolute Gasteiger partial charge is 0.478 e. The second-order valence-corrected chi connectivity index (χ2v) is 4.36.